The summed E-state index contributed by atoms with van der Waals surface area (Å²) in [5.74, 6) is -1.31. The Labute approximate surface area is 190 Å². The van der Waals surface area contributed by atoms with Gasteiger partial charge in [-0.15, -0.1) is 0 Å². The van der Waals surface area contributed by atoms with Gasteiger partial charge >= 0.3 is 5.97 Å². The number of rotatable bonds is 9. The van der Waals surface area contributed by atoms with Crippen LogP contribution in [-0.4, -0.2) is 50.9 Å². The smallest absolute Gasteiger partial charge is 0.337 e. The van der Waals surface area contributed by atoms with Gasteiger partial charge < -0.3 is 14.0 Å². The Kier molecular flexibility index (Phi) is 7.94. The zero-order valence-electron chi connectivity index (χ0n) is 17.8. The van der Waals surface area contributed by atoms with Crippen molar-refractivity contribution in [3.05, 3.63) is 58.9 Å². The molecule has 0 aliphatic heterocycles. The van der Waals surface area contributed by atoms with E-state index < -0.39 is 21.7 Å². The van der Waals surface area contributed by atoms with Crippen LogP contribution in [0.3, 0.4) is 0 Å². The maximum Gasteiger partial charge on any atom is 0.337 e. The van der Waals surface area contributed by atoms with E-state index in [1.54, 1.807) is 36.4 Å². The Morgan fingerprint density at radius 2 is 1.88 bits per heavy atom. The molecule has 0 unspecified atom stereocenters. The molecule has 0 saturated carbocycles. The summed E-state index contributed by atoms with van der Waals surface area (Å²) in [5.41, 5.74) is 1.19. The number of thiazole rings is 1. The van der Waals surface area contributed by atoms with Crippen LogP contribution in [-0.2, 0) is 30.7 Å². The van der Waals surface area contributed by atoms with Gasteiger partial charge in [-0.1, -0.05) is 29.5 Å². The molecule has 0 spiro atoms. The summed E-state index contributed by atoms with van der Waals surface area (Å²) >= 11 is 1.24. The first kappa shape index (κ1) is 23.8. The molecule has 32 heavy (non-hydrogen) atoms. The van der Waals surface area contributed by atoms with Gasteiger partial charge in [0.2, 0.25) is 5.91 Å². The van der Waals surface area contributed by atoms with E-state index in [-0.39, 0.29) is 17.1 Å². The number of amides is 1. The fourth-order valence-corrected chi connectivity index (χ4v) is 5.41. The van der Waals surface area contributed by atoms with Crippen molar-refractivity contribution in [2.75, 3.05) is 26.1 Å². The predicted molar refractivity (Wildman–Crippen MR) is 121 cm³/mol. The number of hydrogen-bond donors (Lipinski definition) is 0. The summed E-state index contributed by atoms with van der Waals surface area (Å²) in [6.07, 6.45) is -0.232. The van der Waals surface area contributed by atoms with Crippen molar-refractivity contribution >= 4 is 43.3 Å². The van der Waals surface area contributed by atoms with Crippen LogP contribution in [0.15, 0.2) is 58.4 Å². The lowest BCUT2D eigenvalue weighted by atomic mass is 10.2. The van der Waals surface area contributed by atoms with Crippen LogP contribution in [0.4, 0.5) is 0 Å². The van der Waals surface area contributed by atoms with E-state index in [0.29, 0.717) is 30.1 Å². The van der Waals surface area contributed by atoms with Gasteiger partial charge in [-0.05, 0) is 37.3 Å². The number of hydrogen-bond acceptors (Lipinski definition) is 7. The van der Waals surface area contributed by atoms with Gasteiger partial charge in [0.1, 0.15) is 0 Å². The minimum Gasteiger partial charge on any atom is -0.465 e. The first-order chi connectivity index (χ1) is 15.4. The van der Waals surface area contributed by atoms with E-state index in [4.69, 9.17) is 9.47 Å². The number of ether oxygens (including phenoxy) is 2. The molecule has 0 radical (unpaired) electrons. The van der Waals surface area contributed by atoms with Gasteiger partial charge in [-0.25, -0.2) is 13.2 Å². The highest BCUT2D eigenvalue weighted by Crippen LogP contribution is 2.20. The Bertz CT molecular complexity index is 1280. The zero-order chi connectivity index (χ0) is 23.1. The van der Waals surface area contributed by atoms with Gasteiger partial charge in [0, 0.05) is 19.6 Å². The topological polar surface area (TPSA) is 104 Å². The molecule has 8 nitrogen and oxygen atoms in total. The highest BCUT2D eigenvalue weighted by atomic mass is 32.2. The van der Waals surface area contributed by atoms with E-state index in [1.165, 1.54) is 30.6 Å². The van der Waals surface area contributed by atoms with Gasteiger partial charge in [-0.3, -0.25) is 4.79 Å². The second kappa shape index (κ2) is 10.7. The lowest BCUT2D eigenvalue weighted by Crippen LogP contribution is -2.20. The fourth-order valence-electron chi connectivity index (χ4n) is 3.05. The van der Waals surface area contributed by atoms with E-state index >= 15 is 0 Å². The molecule has 3 rings (SSSR count). The highest BCUT2D eigenvalue weighted by molar-refractivity contribution is 7.91. The molecule has 2 aromatic carbocycles. The second-order valence-corrected chi connectivity index (χ2v) is 9.91. The lowest BCUT2D eigenvalue weighted by molar-refractivity contribution is -0.117. The van der Waals surface area contributed by atoms with E-state index in [9.17, 15) is 18.0 Å². The molecule has 0 aliphatic carbocycles. The Morgan fingerprint density at radius 3 is 2.56 bits per heavy atom. The quantitative estimate of drug-likeness (QED) is 0.347. The molecule has 0 fully saturated rings. The number of benzene rings is 2. The van der Waals surface area contributed by atoms with Crippen LogP contribution in [0.5, 0.6) is 0 Å². The number of nitrogens with zero attached hydrogens (tertiary/aromatic N) is 2. The monoisotopic (exact) mass is 476 g/mol. The molecule has 170 valence electrons. The highest BCUT2D eigenvalue weighted by Gasteiger charge is 2.17. The molecule has 1 amide bonds. The third-order valence-electron chi connectivity index (χ3n) is 4.67. The third kappa shape index (κ3) is 5.70. The molecule has 0 saturated heterocycles. The summed E-state index contributed by atoms with van der Waals surface area (Å²) < 4.78 is 37.7. The van der Waals surface area contributed by atoms with Crippen LogP contribution in [0, 0.1) is 0 Å². The number of fused-ring (bicyclic) bond motifs is 1. The van der Waals surface area contributed by atoms with Gasteiger partial charge in [0.05, 0.1) is 40.1 Å². The minimum atomic E-state index is -3.57. The van der Waals surface area contributed by atoms with E-state index in [0.717, 1.165) is 10.2 Å². The molecular weight excluding hydrogens is 452 g/mol. The average molecular weight is 477 g/mol. The Hall–Kier alpha value is -2.82. The molecule has 0 bridgehead atoms. The van der Waals surface area contributed by atoms with Crippen LogP contribution in [0.25, 0.3) is 10.2 Å². The Morgan fingerprint density at radius 1 is 1.12 bits per heavy atom. The standard InChI is InChI=1S/C22H24N2O6S2/c1-3-30-13-12-24-18-10-9-16(21(26)29-2)15-19(18)31-22(24)23-20(25)11-14-32(27,28)17-7-5-4-6-8-17/h4-10,15H,3,11-14H2,1-2H3. The fraction of sp³-hybridized carbons (Fsp3) is 0.318. The molecule has 0 atom stereocenters. The SMILES string of the molecule is CCOCCn1c(=NC(=O)CCS(=O)(=O)c2ccccc2)sc2cc(C(=O)OC)ccc21. The van der Waals surface area contributed by atoms with Crippen LogP contribution >= 0.6 is 11.3 Å². The van der Waals surface area contributed by atoms with Gasteiger partial charge in [0.25, 0.3) is 0 Å². The van der Waals surface area contributed by atoms with Crippen molar-refractivity contribution in [1.29, 1.82) is 0 Å². The van der Waals surface area contributed by atoms with Gasteiger partial charge in [-0.2, -0.15) is 4.99 Å². The van der Waals surface area contributed by atoms with Crippen molar-refractivity contribution in [3.63, 3.8) is 0 Å². The van der Waals surface area contributed by atoms with Crippen LogP contribution in [0.2, 0.25) is 0 Å². The summed E-state index contributed by atoms with van der Waals surface area (Å²) in [4.78, 5) is 29.2. The largest absolute Gasteiger partial charge is 0.465 e. The molecule has 1 heterocycles. The summed E-state index contributed by atoms with van der Waals surface area (Å²) in [7, 11) is -2.26. The second-order valence-electron chi connectivity index (χ2n) is 6.79. The third-order valence-corrected chi connectivity index (χ3v) is 7.45. The Balaban J connectivity index is 1.89. The normalized spacial score (nSPS) is 12.2. The number of sulfone groups is 1. The number of carbonyl (C=O) groups excluding carboxylic acids is 2. The molecule has 3 aromatic rings. The number of methoxy groups -OCH3 is 1. The van der Waals surface area contributed by atoms with Crippen molar-refractivity contribution in [2.24, 2.45) is 4.99 Å². The molecule has 0 aliphatic rings. The summed E-state index contributed by atoms with van der Waals surface area (Å²) in [6.45, 7) is 3.32. The molecular formula is C22H24N2O6S2. The molecule has 0 N–H and O–H groups in total. The maximum absolute atomic E-state index is 12.5. The number of carbonyl (C=O) groups is 2. The first-order valence-corrected chi connectivity index (χ1v) is 12.5. The van der Waals surface area contributed by atoms with E-state index in [2.05, 4.69) is 4.99 Å². The van der Waals surface area contributed by atoms with Crippen LogP contribution in [0.1, 0.15) is 23.7 Å². The van der Waals surface area contributed by atoms with Crippen molar-refractivity contribution in [3.8, 4) is 0 Å². The van der Waals surface area contributed by atoms with E-state index in [1.807, 2.05) is 11.5 Å². The van der Waals surface area contributed by atoms with Crippen LogP contribution < -0.4 is 4.80 Å². The van der Waals surface area contributed by atoms with Crippen molar-refractivity contribution < 1.29 is 27.5 Å². The first-order valence-electron chi connectivity index (χ1n) is 10.0. The van der Waals surface area contributed by atoms with Crippen molar-refractivity contribution in [2.45, 2.75) is 24.8 Å². The molecule has 1 aromatic heterocycles. The number of esters is 1. The lowest BCUT2D eigenvalue weighted by Gasteiger charge is -2.06. The molecule has 10 heteroatoms. The summed E-state index contributed by atoms with van der Waals surface area (Å²) in [5, 5.41) is 0. The number of aromatic nitrogens is 1. The zero-order valence-corrected chi connectivity index (χ0v) is 19.4. The maximum atomic E-state index is 12.5. The minimum absolute atomic E-state index is 0.178. The van der Waals surface area contributed by atoms with Gasteiger partial charge in [0.15, 0.2) is 14.6 Å². The average Bonchev–Trinajstić information content (AvgIpc) is 3.14. The van der Waals surface area contributed by atoms with Crippen molar-refractivity contribution in [1.82, 2.24) is 4.57 Å². The summed E-state index contributed by atoms with van der Waals surface area (Å²) in [6, 6.07) is 13.1. The predicted octanol–water partition coefficient (Wildman–Crippen LogP) is 2.82.